The molecule has 0 aliphatic carbocycles. The highest BCUT2D eigenvalue weighted by atomic mass is 15.0. The van der Waals surface area contributed by atoms with Gasteiger partial charge in [0.25, 0.3) is 0 Å². The highest BCUT2D eigenvalue weighted by Crippen LogP contribution is 2.44. The quantitative estimate of drug-likeness (QED) is 0.163. The van der Waals surface area contributed by atoms with Crippen LogP contribution in [0.4, 0.5) is 0 Å². The Morgan fingerprint density at radius 2 is 0.633 bits per heavy atom. The summed E-state index contributed by atoms with van der Waals surface area (Å²) in [7, 11) is 0. The lowest BCUT2D eigenvalue weighted by Crippen LogP contribution is -2.02. The molecule has 5 heteroatoms. The molecule has 0 saturated heterocycles. The van der Waals surface area contributed by atoms with E-state index < -0.39 is 0 Å². The Kier molecular flexibility index (Phi) is 7.78. The second kappa shape index (κ2) is 13.8. The van der Waals surface area contributed by atoms with Crippen LogP contribution in [-0.4, -0.2) is 24.9 Å². The van der Waals surface area contributed by atoms with E-state index in [1.807, 2.05) is 48.8 Å². The van der Waals surface area contributed by atoms with Gasteiger partial charge in [0.2, 0.25) is 0 Å². The predicted octanol–water partition coefficient (Wildman–Crippen LogP) is 13.9. The van der Waals surface area contributed by atoms with Gasteiger partial charge in [-0.1, -0.05) is 133 Å². The fraction of sp³-hybridized carbons (Fsp3) is 0. The van der Waals surface area contributed by atoms with Crippen LogP contribution in [0.15, 0.2) is 200 Å². The molecular weight excluding hydrogens is 731 g/mol. The molecule has 0 saturated carbocycles. The number of fused-ring (bicyclic) bond motifs is 6. The van der Waals surface area contributed by atoms with Gasteiger partial charge in [-0.2, -0.15) is 0 Å². The molecule has 0 aliphatic rings. The van der Waals surface area contributed by atoms with Crippen LogP contribution in [-0.2, 0) is 0 Å². The Hall–Kier alpha value is -8.15. The van der Waals surface area contributed by atoms with Crippen molar-refractivity contribution in [2.75, 3.05) is 0 Å². The van der Waals surface area contributed by atoms with Gasteiger partial charge in [0.05, 0.1) is 11.0 Å². The molecule has 0 fully saturated rings. The third kappa shape index (κ3) is 5.59. The summed E-state index contributed by atoms with van der Waals surface area (Å²) in [5, 5.41) is 11.4. The second-order valence-corrected chi connectivity index (χ2v) is 15.2. The summed E-state index contributed by atoms with van der Waals surface area (Å²) in [5.41, 5.74) is 8.93. The maximum Gasteiger partial charge on any atom is 0.164 e. The van der Waals surface area contributed by atoms with Crippen molar-refractivity contribution < 1.29 is 0 Å². The fourth-order valence-electron chi connectivity index (χ4n) is 9.04. The van der Waals surface area contributed by atoms with Crippen molar-refractivity contribution in [2.24, 2.45) is 0 Å². The van der Waals surface area contributed by atoms with Gasteiger partial charge < -0.3 is 0 Å². The van der Waals surface area contributed by atoms with E-state index in [4.69, 9.17) is 15.0 Å². The van der Waals surface area contributed by atoms with E-state index in [1.165, 1.54) is 54.2 Å². The second-order valence-electron chi connectivity index (χ2n) is 15.2. The molecule has 0 N–H and O–H groups in total. The number of hydrogen-bond donors (Lipinski definition) is 0. The molecule has 3 heterocycles. The molecular formula is C55H33N5. The summed E-state index contributed by atoms with van der Waals surface area (Å²) in [6.45, 7) is 0. The third-order valence-electron chi connectivity index (χ3n) is 11.7. The van der Waals surface area contributed by atoms with Crippen molar-refractivity contribution in [1.29, 1.82) is 0 Å². The van der Waals surface area contributed by atoms with E-state index in [9.17, 15) is 0 Å². The number of benzene rings is 9. The van der Waals surface area contributed by atoms with Gasteiger partial charge in [0.1, 0.15) is 0 Å². The van der Waals surface area contributed by atoms with Crippen LogP contribution in [0, 0.1) is 0 Å². The highest BCUT2D eigenvalue weighted by Gasteiger charge is 2.20. The third-order valence-corrected chi connectivity index (χ3v) is 11.7. The van der Waals surface area contributed by atoms with Gasteiger partial charge in [-0.3, -0.25) is 9.97 Å². The van der Waals surface area contributed by atoms with Crippen molar-refractivity contribution in [3.05, 3.63) is 200 Å². The van der Waals surface area contributed by atoms with E-state index in [-0.39, 0.29) is 0 Å². The summed E-state index contributed by atoms with van der Waals surface area (Å²) >= 11 is 0. The van der Waals surface area contributed by atoms with E-state index in [1.54, 1.807) is 0 Å². The van der Waals surface area contributed by atoms with E-state index in [0.29, 0.717) is 17.5 Å². The van der Waals surface area contributed by atoms with Crippen LogP contribution < -0.4 is 0 Å². The van der Waals surface area contributed by atoms with Gasteiger partial charge in [-0.05, 0) is 120 Å². The monoisotopic (exact) mass is 763 g/mol. The Morgan fingerprint density at radius 3 is 1.07 bits per heavy atom. The molecule has 0 amide bonds. The zero-order chi connectivity index (χ0) is 39.6. The minimum absolute atomic E-state index is 0.577. The fourth-order valence-corrected chi connectivity index (χ4v) is 9.04. The molecule has 0 bridgehead atoms. The number of nitrogens with zero attached hydrogens (tertiary/aromatic N) is 5. The van der Waals surface area contributed by atoms with E-state index in [0.717, 1.165) is 49.6 Å². The number of aromatic nitrogens is 5. The molecule has 5 nitrogen and oxygen atoms in total. The zero-order valence-electron chi connectivity index (χ0n) is 32.3. The SMILES string of the molecule is c1ccc2c(-c3cc(-c4nc(-c5cccc6ncccc56)nc(-c5cccc6ncccc56)n4)cc(-c4c5ccccc5cc5ccccc45)c3)c3ccccc3cc2c1. The van der Waals surface area contributed by atoms with Crippen LogP contribution in [0.3, 0.4) is 0 Å². The first-order valence-corrected chi connectivity index (χ1v) is 20.2. The van der Waals surface area contributed by atoms with E-state index in [2.05, 4.69) is 162 Å². The van der Waals surface area contributed by atoms with Crippen LogP contribution in [0.1, 0.15) is 0 Å². The molecule has 0 aliphatic heterocycles. The molecule has 12 rings (SSSR count). The Bertz CT molecular complexity index is 3330. The van der Waals surface area contributed by atoms with Crippen molar-refractivity contribution in [3.63, 3.8) is 0 Å². The summed E-state index contributed by atoms with van der Waals surface area (Å²) in [6, 6.07) is 66.6. The standard InChI is InChI=1S/C55H33N5/c1-5-17-41-34(13-1)29-35-14-2-6-18-42(35)51(41)38-31-39(52-43-19-7-3-15-36(43)30-37-16-4-8-20-44(37)52)33-40(32-38)53-58-54(47-21-9-25-49-45(47)23-11-27-56-49)60-55(59-53)48-22-10-26-50-46(48)24-12-28-57-50/h1-33H. The number of pyridine rings is 2. The summed E-state index contributed by atoms with van der Waals surface area (Å²) in [4.78, 5) is 25.4. The molecule has 60 heavy (non-hydrogen) atoms. The Morgan fingerprint density at radius 1 is 0.267 bits per heavy atom. The average molecular weight is 764 g/mol. The molecule has 9 aromatic carbocycles. The number of rotatable bonds is 5. The zero-order valence-corrected chi connectivity index (χ0v) is 32.3. The summed E-state index contributed by atoms with van der Waals surface area (Å²) in [6.07, 6.45) is 3.64. The van der Waals surface area contributed by atoms with Crippen LogP contribution >= 0.6 is 0 Å². The first-order valence-electron chi connectivity index (χ1n) is 20.2. The van der Waals surface area contributed by atoms with Gasteiger partial charge in [-0.25, -0.2) is 15.0 Å². The van der Waals surface area contributed by atoms with Crippen molar-refractivity contribution in [1.82, 2.24) is 24.9 Å². The van der Waals surface area contributed by atoms with Crippen LogP contribution in [0.5, 0.6) is 0 Å². The largest absolute Gasteiger partial charge is 0.256 e. The van der Waals surface area contributed by atoms with Gasteiger partial charge >= 0.3 is 0 Å². The number of hydrogen-bond acceptors (Lipinski definition) is 5. The normalized spacial score (nSPS) is 11.7. The molecule has 3 aromatic heterocycles. The van der Waals surface area contributed by atoms with Crippen LogP contribution in [0.2, 0.25) is 0 Å². The van der Waals surface area contributed by atoms with Gasteiger partial charge in [0.15, 0.2) is 17.5 Å². The smallest absolute Gasteiger partial charge is 0.164 e. The summed E-state index contributed by atoms with van der Waals surface area (Å²) in [5.74, 6) is 1.73. The minimum atomic E-state index is 0.577. The first kappa shape index (κ1) is 33.9. The summed E-state index contributed by atoms with van der Waals surface area (Å²) < 4.78 is 0. The van der Waals surface area contributed by atoms with Gasteiger partial charge in [0, 0.05) is 39.9 Å². The average Bonchev–Trinajstić information content (AvgIpc) is 3.31. The maximum absolute atomic E-state index is 5.38. The predicted molar refractivity (Wildman–Crippen MR) is 248 cm³/mol. The Balaban J connectivity index is 1.21. The topological polar surface area (TPSA) is 64.5 Å². The lowest BCUT2D eigenvalue weighted by atomic mass is 9.87. The lowest BCUT2D eigenvalue weighted by Gasteiger charge is -2.18. The van der Waals surface area contributed by atoms with Crippen molar-refractivity contribution in [2.45, 2.75) is 0 Å². The molecule has 0 radical (unpaired) electrons. The van der Waals surface area contributed by atoms with Crippen molar-refractivity contribution in [3.8, 4) is 56.4 Å². The maximum atomic E-state index is 5.38. The van der Waals surface area contributed by atoms with E-state index >= 15 is 0 Å². The molecule has 12 aromatic rings. The molecule has 0 spiro atoms. The van der Waals surface area contributed by atoms with Gasteiger partial charge in [-0.15, -0.1) is 0 Å². The molecule has 0 atom stereocenters. The highest BCUT2D eigenvalue weighted by molar-refractivity contribution is 6.16. The van der Waals surface area contributed by atoms with Crippen LogP contribution in [0.25, 0.3) is 121 Å². The molecule has 0 unspecified atom stereocenters. The lowest BCUT2D eigenvalue weighted by molar-refractivity contribution is 1.08. The first-order chi connectivity index (χ1) is 29.7. The molecule has 278 valence electrons. The van der Waals surface area contributed by atoms with Crippen molar-refractivity contribution >= 4 is 64.9 Å². The minimum Gasteiger partial charge on any atom is -0.256 e. The Labute approximate surface area is 345 Å².